The Morgan fingerprint density at radius 2 is 2.40 bits per heavy atom. The molecule has 0 bridgehead atoms. The molecule has 0 saturated carbocycles. The molecule has 0 aromatic carbocycles. The Morgan fingerprint density at radius 1 is 1.50 bits per heavy atom. The normalized spacial score (nSPS) is 10.5. The van der Waals surface area contributed by atoms with Crippen molar-refractivity contribution in [3.05, 3.63) is 29.3 Å². The Balaban J connectivity index is 2.88. The summed E-state index contributed by atoms with van der Waals surface area (Å²) in [6.45, 7) is 0. The van der Waals surface area contributed by atoms with E-state index in [0.717, 1.165) is 10.1 Å². The van der Waals surface area contributed by atoms with Crippen LogP contribution in [0.2, 0.25) is 0 Å². The second kappa shape index (κ2) is 2.05. The molecule has 0 atom stereocenters. The van der Waals surface area contributed by atoms with Gasteiger partial charge in [-0.3, -0.25) is 4.98 Å². The van der Waals surface area contributed by atoms with Crippen LogP contribution in [0.5, 0.6) is 0 Å². The number of hydrogen-bond acceptors (Lipinski definition) is 2. The minimum absolute atomic E-state index is 0.834. The number of fused-ring (bicyclic) bond motifs is 1. The van der Waals surface area contributed by atoms with Gasteiger partial charge in [-0.05, 0) is 15.9 Å². The Bertz CT molecular complexity index is 322. The molecule has 0 radical (unpaired) electrons. The molecule has 0 aliphatic rings. The van der Waals surface area contributed by atoms with Gasteiger partial charge in [0.15, 0.2) is 0 Å². The monoisotopic (exact) mass is 197 g/mol. The molecule has 10 heavy (non-hydrogen) atoms. The average Bonchev–Trinajstić information content (AvgIpc) is 2.27. The fraction of sp³-hybridized carbons (Fsp3) is 0. The van der Waals surface area contributed by atoms with Crippen molar-refractivity contribution in [3.63, 3.8) is 0 Å². The van der Waals surface area contributed by atoms with Gasteiger partial charge in [0.2, 0.25) is 0 Å². The second-order valence-corrected chi connectivity index (χ2v) is 2.73. The minimum Gasteiger partial charge on any atom is -0.261 e. The third-order valence-corrected chi connectivity index (χ3v) is 1.62. The van der Waals surface area contributed by atoms with Gasteiger partial charge in [0.05, 0.1) is 11.7 Å². The quantitative estimate of drug-likeness (QED) is 0.641. The molecule has 4 heteroatoms. The molecule has 2 aromatic rings. The summed E-state index contributed by atoms with van der Waals surface area (Å²) >= 11 is 3.26. The fourth-order valence-electron chi connectivity index (χ4n) is 0.815. The zero-order chi connectivity index (χ0) is 6.97. The van der Waals surface area contributed by atoms with E-state index >= 15 is 0 Å². The van der Waals surface area contributed by atoms with Crippen LogP contribution in [-0.2, 0) is 0 Å². The number of halogens is 1. The minimum atomic E-state index is 0.834. The van der Waals surface area contributed by atoms with Crippen molar-refractivity contribution >= 4 is 21.4 Å². The standard InChI is InChI=1S/C6H4BrN3/c7-6-3-5-4-8-1-2-10(5)9-6/h1-4H. The van der Waals surface area contributed by atoms with Crippen LogP contribution < -0.4 is 0 Å². The Kier molecular flexibility index (Phi) is 1.20. The first-order valence-corrected chi connectivity index (χ1v) is 3.60. The van der Waals surface area contributed by atoms with E-state index in [0.29, 0.717) is 0 Å². The van der Waals surface area contributed by atoms with E-state index < -0.39 is 0 Å². The van der Waals surface area contributed by atoms with Crippen molar-refractivity contribution in [2.75, 3.05) is 0 Å². The van der Waals surface area contributed by atoms with Crippen LogP contribution in [0.15, 0.2) is 29.3 Å². The molecular formula is C6H4BrN3. The van der Waals surface area contributed by atoms with Crippen molar-refractivity contribution in [1.29, 1.82) is 0 Å². The molecule has 0 unspecified atom stereocenters. The third kappa shape index (κ3) is 0.806. The summed E-state index contributed by atoms with van der Waals surface area (Å²) in [5.74, 6) is 0. The first-order chi connectivity index (χ1) is 4.86. The van der Waals surface area contributed by atoms with Gasteiger partial charge in [-0.15, -0.1) is 0 Å². The summed E-state index contributed by atoms with van der Waals surface area (Å²) in [5.41, 5.74) is 0.995. The van der Waals surface area contributed by atoms with Gasteiger partial charge in [0.1, 0.15) is 4.60 Å². The van der Waals surface area contributed by atoms with E-state index in [-0.39, 0.29) is 0 Å². The highest BCUT2D eigenvalue weighted by Crippen LogP contribution is 2.09. The number of aromatic nitrogens is 3. The Hall–Kier alpha value is -0.900. The molecule has 0 saturated heterocycles. The average molecular weight is 198 g/mol. The predicted octanol–water partition coefficient (Wildman–Crippen LogP) is 1.49. The van der Waals surface area contributed by atoms with Crippen molar-refractivity contribution in [2.45, 2.75) is 0 Å². The highest BCUT2D eigenvalue weighted by molar-refractivity contribution is 9.10. The lowest BCUT2D eigenvalue weighted by Gasteiger charge is -1.86. The molecule has 2 rings (SSSR count). The molecule has 0 spiro atoms. The summed E-state index contributed by atoms with van der Waals surface area (Å²) in [5, 5.41) is 4.11. The Labute approximate surface area is 65.8 Å². The molecule has 2 heterocycles. The molecule has 0 amide bonds. The number of hydrogen-bond donors (Lipinski definition) is 0. The van der Waals surface area contributed by atoms with Crippen molar-refractivity contribution in [2.24, 2.45) is 0 Å². The van der Waals surface area contributed by atoms with Crippen molar-refractivity contribution in [1.82, 2.24) is 14.6 Å². The summed E-state index contributed by atoms with van der Waals surface area (Å²) in [6, 6.07) is 1.91. The molecule has 0 N–H and O–H groups in total. The lowest BCUT2D eigenvalue weighted by molar-refractivity contribution is 0.933. The molecule has 3 nitrogen and oxygen atoms in total. The first kappa shape index (κ1) is 5.85. The molecule has 0 aliphatic carbocycles. The van der Waals surface area contributed by atoms with E-state index in [1.807, 2.05) is 6.07 Å². The highest BCUT2D eigenvalue weighted by Gasteiger charge is 1.94. The van der Waals surface area contributed by atoms with Crippen LogP contribution in [0.4, 0.5) is 0 Å². The van der Waals surface area contributed by atoms with Gasteiger partial charge in [0, 0.05) is 18.5 Å². The van der Waals surface area contributed by atoms with Crippen molar-refractivity contribution in [3.8, 4) is 0 Å². The summed E-state index contributed by atoms with van der Waals surface area (Å²) in [4.78, 5) is 3.94. The molecule has 0 aliphatic heterocycles. The van der Waals surface area contributed by atoms with Gasteiger partial charge < -0.3 is 0 Å². The smallest absolute Gasteiger partial charge is 0.129 e. The Morgan fingerprint density at radius 3 is 3.20 bits per heavy atom. The zero-order valence-corrected chi connectivity index (χ0v) is 6.62. The zero-order valence-electron chi connectivity index (χ0n) is 5.03. The van der Waals surface area contributed by atoms with E-state index in [1.165, 1.54) is 0 Å². The van der Waals surface area contributed by atoms with Crippen LogP contribution in [-0.4, -0.2) is 14.6 Å². The van der Waals surface area contributed by atoms with Gasteiger partial charge in [-0.2, -0.15) is 5.10 Å². The maximum atomic E-state index is 4.11. The lowest BCUT2D eigenvalue weighted by atomic mass is 10.5. The molecule has 0 fully saturated rings. The van der Waals surface area contributed by atoms with Crippen LogP contribution in [0.3, 0.4) is 0 Å². The van der Waals surface area contributed by atoms with E-state index in [2.05, 4.69) is 26.0 Å². The maximum absolute atomic E-state index is 4.11. The molecular weight excluding hydrogens is 194 g/mol. The van der Waals surface area contributed by atoms with Gasteiger partial charge in [0.25, 0.3) is 0 Å². The summed E-state index contributed by atoms with van der Waals surface area (Å²) < 4.78 is 2.59. The van der Waals surface area contributed by atoms with E-state index in [9.17, 15) is 0 Å². The van der Waals surface area contributed by atoms with Crippen LogP contribution >= 0.6 is 15.9 Å². The largest absolute Gasteiger partial charge is 0.261 e. The molecule has 2 aromatic heterocycles. The van der Waals surface area contributed by atoms with Gasteiger partial charge >= 0.3 is 0 Å². The van der Waals surface area contributed by atoms with Crippen molar-refractivity contribution < 1.29 is 0 Å². The van der Waals surface area contributed by atoms with E-state index in [1.54, 1.807) is 23.1 Å². The topological polar surface area (TPSA) is 30.2 Å². The summed E-state index contributed by atoms with van der Waals surface area (Å²) in [7, 11) is 0. The van der Waals surface area contributed by atoms with Crippen LogP contribution in [0.1, 0.15) is 0 Å². The van der Waals surface area contributed by atoms with Crippen LogP contribution in [0, 0.1) is 0 Å². The van der Waals surface area contributed by atoms with Crippen LogP contribution in [0.25, 0.3) is 5.52 Å². The predicted molar refractivity (Wildman–Crippen MR) is 40.7 cm³/mol. The van der Waals surface area contributed by atoms with E-state index in [4.69, 9.17) is 0 Å². The maximum Gasteiger partial charge on any atom is 0.129 e. The lowest BCUT2D eigenvalue weighted by Crippen LogP contribution is -1.84. The second-order valence-electron chi connectivity index (χ2n) is 1.91. The number of rotatable bonds is 0. The SMILES string of the molecule is Brc1cc2cnccn2n1. The highest BCUT2D eigenvalue weighted by atomic mass is 79.9. The third-order valence-electron chi connectivity index (χ3n) is 1.24. The number of nitrogens with zero attached hydrogens (tertiary/aromatic N) is 3. The van der Waals surface area contributed by atoms with Gasteiger partial charge in [-0.25, -0.2) is 4.52 Å². The van der Waals surface area contributed by atoms with Gasteiger partial charge in [-0.1, -0.05) is 0 Å². The summed E-state index contributed by atoms with van der Waals surface area (Å²) in [6.07, 6.45) is 5.27. The first-order valence-electron chi connectivity index (χ1n) is 2.81. The molecule has 50 valence electrons. The fourth-order valence-corrected chi connectivity index (χ4v) is 1.22.